The number of nitrogens with zero attached hydrogens (tertiary/aromatic N) is 1. The van der Waals surface area contributed by atoms with Crippen LogP contribution in [-0.2, 0) is 4.79 Å². The van der Waals surface area contributed by atoms with Crippen molar-refractivity contribution in [2.45, 2.75) is 69.9 Å². The molecule has 108 valence electrons. The van der Waals surface area contributed by atoms with Gasteiger partial charge in [0.25, 0.3) is 0 Å². The number of carboxylic acid groups (broad SMARTS) is 1. The smallest absolute Gasteiger partial charge is 0.318 e. The van der Waals surface area contributed by atoms with E-state index in [1.807, 2.05) is 11.8 Å². The maximum Gasteiger partial charge on any atom is 0.318 e. The fourth-order valence-electron chi connectivity index (χ4n) is 3.12. The Morgan fingerprint density at radius 3 is 2.37 bits per heavy atom. The summed E-state index contributed by atoms with van der Waals surface area (Å²) in [5, 5.41) is 12.1. The van der Waals surface area contributed by atoms with Gasteiger partial charge in [-0.05, 0) is 32.6 Å². The fraction of sp³-hybridized carbons (Fsp3) is 0.857. The van der Waals surface area contributed by atoms with Gasteiger partial charge in [-0.2, -0.15) is 0 Å². The number of amides is 2. The van der Waals surface area contributed by atoms with Crippen LogP contribution in [0.3, 0.4) is 0 Å². The molecule has 2 fully saturated rings. The lowest BCUT2D eigenvalue weighted by Crippen LogP contribution is -2.55. The lowest BCUT2D eigenvalue weighted by molar-refractivity contribution is -0.139. The third-order valence-corrected chi connectivity index (χ3v) is 4.26. The average Bonchev–Trinajstić information content (AvgIpc) is 3.14. The molecule has 0 radical (unpaired) electrons. The van der Waals surface area contributed by atoms with Crippen LogP contribution in [0.2, 0.25) is 0 Å². The van der Waals surface area contributed by atoms with Gasteiger partial charge in [0.15, 0.2) is 0 Å². The molecule has 2 saturated carbocycles. The zero-order valence-electron chi connectivity index (χ0n) is 11.7. The van der Waals surface area contributed by atoms with E-state index in [0.29, 0.717) is 12.6 Å². The molecule has 0 aliphatic heterocycles. The van der Waals surface area contributed by atoms with Crippen LogP contribution >= 0.6 is 0 Å². The van der Waals surface area contributed by atoms with Crippen molar-refractivity contribution >= 4 is 12.0 Å². The van der Waals surface area contributed by atoms with Gasteiger partial charge in [-0.15, -0.1) is 0 Å². The highest BCUT2D eigenvalue weighted by Crippen LogP contribution is 2.32. The summed E-state index contributed by atoms with van der Waals surface area (Å²) in [6, 6.07) is 0.295. The second-order valence-electron chi connectivity index (χ2n) is 5.86. The van der Waals surface area contributed by atoms with Gasteiger partial charge < -0.3 is 15.3 Å². The Balaban J connectivity index is 2.01. The Kier molecular flexibility index (Phi) is 4.32. The Morgan fingerprint density at radius 2 is 1.89 bits per heavy atom. The van der Waals surface area contributed by atoms with Gasteiger partial charge in [-0.1, -0.05) is 19.3 Å². The van der Waals surface area contributed by atoms with Crippen LogP contribution in [0.25, 0.3) is 0 Å². The molecule has 2 N–H and O–H groups in total. The summed E-state index contributed by atoms with van der Waals surface area (Å²) in [4.78, 5) is 25.3. The predicted molar refractivity (Wildman–Crippen MR) is 72.0 cm³/mol. The average molecular weight is 268 g/mol. The number of urea groups is 1. The Morgan fingerprint density at radius 1 is 1.26 bits per heavy atom. The van der Waals surface area contributed by atoms with Crippen LogP contribution in [0.15, 0.2) is 0 Å². The van der Waals surface area contributed by atoms with Crippen molar-refractivity contribution in [3.63, 3.8) is 0 Å². The molecule has 5 nitrogen and oxygen atoms in total. The molecule has 0 bridgehead atoms. The van der Waals surface area contributed by atoms with Crippen LogP contribution in [0, 0.1) is 0 Å². The monoisotopic (exact) mass is 268 g/mol. The molecule has 0 unspecified atom stereocenters. The zero-order chi connectivity index (χ0) is 13.9. The van der Waals surface area contributed by atoms with Crippen LogP contribution in [0.1, 0.15) is 58.3 Å². The molecule has 19 heavy (non-hydrogen) atoms. The first kappa shape index (κ1) is 14.2. The molecule has 5 heteroatoms. The summed E-state index contributed by atoms with van der Waals surface area (Å²) in [6.07, 6.45) is 6.91. The quantitative estimate of drug-likeness (QED) is 0.804. The Hall–Kier alpha value is -1.26. The number of nitrogens with one attached hydrogen (secondary N) is 1. The summed E-state index contributed by atoms with van der Waals surface area (Å²) in [6.45, 7) is 2.67. The molecule has 2 aliphatic carbocycles. The van der Waals surface area contributed by atoms with Crippen molar-refractivity contribution in [1.29, 1.82) is 0 Å². The van der Waals surface area contributed by atoms with Crippen molar-refractivity contribution in [1.82, 2.24) is 10.2 Å². The van der Waals surface area contributed by atoms with Crippen molar-refractivity contribution < 1.29 is 14.7 Å². The van der Waals surface area contributed by atoms with Gasteiger partial charge in [0, 0.05) is 12.6 Å². The topological polar surface area (TPSA) is 69.6 Å². The molecule has 0 aromatic rings. The molecule has 0 heterocycles. The largest absolute Gasteiger partial charge is 0.481 e. The number of carboxylic acids is 1. The minimum absolute atomic E-state index is 0.0426. The van der Waals surface area contributed by atoms with E-state index in [1.54, 1.807) is 0 Å². The van der Waals surface area contributed by atoms with Crippen molar-refractivity contribution in [2.75, 3.05) is 6.54 Å². The van der Waals surface area contributed by atoms with Gasteiger partial charge in [-0.25, -0.2) is 4.79 Å². The SMILES string of the molecule is CCN(C(=O)NC1(CC(=O)O)CCCCC1)C1CC1. The lowest BCUT2D eigenvalue weighted by Gasteiger charge is -2.38. The van der Waals surface area contributed by atoms with E-state index in [-0.39, 0.29) is 12.5 Å². The van der Waals surface area contributed by atoms with Crippen LogP contribution in [0.4, 0.5) is 4.79 Å². The third kappa shape index (κ3) is 3.61. The highest BCUT2D eigenvalue weighted by Gasteiger charge is 2.39. The van der Waals surface area contributed by atoms with Crippen LogP contribution in [-0.4, -0.2) is 40.1 Å². The van der Waals surface area contributed by atoms with Crippen LogP contribution < -0.4 is 5.32 Å². The molecule has 0 saturated heterocycles. The summed E-state index contributed by atoms with van der Waals surface area (Å²) in [5.41, 5.74) is -0.524. The van der Waals surface area contributed by atoms with Crippen molar-refractivity contribution in [3.05, 3.63) is 0 Å². The molecular formula is C14H24N2O3. The number of carbonyl (C=O) groups is 2. The number of carbonyl (C=O) groups excluding carboxylic acids is 1. The van der Waals surface area contributed by atoms with E-state index >= 15 is 0 Å². The number of hydrogen-bond acceptors (Lipinski definition) is 2. The fourth-order valence-corrected chi connectivity index (χ4v) is 3.12. The normalized spacial score (nSPS) is 21.7. The molecule has 2 rings (SSSR count). The Labute approximate surface area is 114 Å². The number of hydrogen-bond donors (Lipinski definition) is 2. The first-order valence-electron chi connectivity index (χ1n) is 7.37. The summed E-state index contributed by atoms with van der Waals surface area (Å²) >= 11 is 0. The van der Waals surface area contributed by atoms with E-state index < -0.39 is 11.5 Å². The number of aliphatic carboxylic acids is 1. The minimum atomic E-state index is -0.823. The predicted octanol–water partition coefficient (Wildman–Crippen LogP) is 2.36. The maximum absolute atomic E-state index is 12.3. The second kappa shape index (κ2) is 5.80. The molecule has 0 spiro atoms. The van der Waals surface area contributed by atoms with E-state index in [9.17, 15) is 9.59 Å². The molecule has 2 aliphatic rings. The van der Waals surface area contributed by atoms with Gasteiger partial charge in [0.1, 0.15) is 0 Å². The van der Waals surface area contributed by atoms with E-state index in [0.717, 1.165) is 44.9 Å². The summed E-state index contributed by atoms with van der Waals surface area (Å²) < 4.78 is 0. The zero-order valence-corrected chi connectivity index (χ0v) is 11.7. The van der Waals surface area contributed by atoms with Gasteiger partial charge in [0.05, 0.1) is 12.0 Å². The second-order valence-corrected chi connectivity index (χ2v) is 5.86. The minimum Gasteiger partial charge on any atom is -0.481 e. The molecular weight excluding hydrogens is 244 g/mol. The van der Waals surface area contributed by atoms with Crippen molar-refractivity contribution in [3.8, 4) is 0 Å². The molecule has 0 aromatic heterocycles. The van der Waals surface area contributed by atoms with Gasteiger partial charge >= 0.3 is 12.0 Å². The standard InChI is InChI=1S/C14H24N2O3/c1-2-16(11-6-7-11)13(19)15-14(10-12(17)18)8-4-3-5-9-14/h11H,2-10H2,1H3,(H,15,19)(H,17,18). The summed E-state index contributed by atoms with van der Waals surface area (Å²) in [5.74, 6) is -0.823. The highest BCUT2D eigenvalue weighted by molar-refractivity contribution is 5.77. The first-order chi connectivity index (χ1) is 9.06. The van der Waals surface area contributed by atoms with E-state index in [2.05, 4.69) is 5.32 Å². The third-order valence-electron chi connectivity index (χ3n) is 4.26. The number of rotatable bonds is 5. The molecule has 0 aromatic carbocycles. The summed E-state index contributed by atoms with van der Waals surface area (Å²) in [7, 11) is 0. The van der Waals surface area contributed by atoms with E-state index in [1.165, 1.54) is 0 Å². The molecule has 0 atom stereocenters. The maximum atomic E-state index is 12.3. The highest BCUT2D eigenvalue weighted by atomic mass is 16.4. The first-order valence-corrected chi connectivity index (χ1v) is 7.37. The molecule has 2 amide bonds. The lowest BCUT2D eigenvalue weighted by atomic mass is 9.79. The van der Waals surface area contributed by atoms with Crippen molar-refractivity contribution in [2.24, 2.45) is 0 Å². The van der Waals surface area contributed by atoms with E-state index in [4.69, 9.17) is 5.11 Å². The van der Waals surface area contributed by atoms with Gasteiger partial charge in [-0.3, -0.25) is 4.79 Å². The Bertz CT molecular complexity index is 347. The van der Waals surface area contributed by atoms with Crippen LogP contribution in [0.5, 0.6) is 0 Å². The van der Waals surface area contributed by atoms with Gasteiger partial charge in [0.2, 0.25) is 0 Å².